The summed E-state index contributed by atoms with van der Waals surface area (Å²) in [5, 5.41) is 16.2. The molecule has 0 aliphatic rings. The predicted molar refractivity (Wildman–Crippen MR) is 76.5 cm³/mol. The van der Waals surface area contributed by atoms with Crippen LogP contribution in [0.1, 0.15) is 5.56 Å². The number of aliphatic hydroxyl groups is 1. The lowest BCUT2D eigenvalue weighted by Gasteiger charge is -2.07. The zero-order chi connectivity index (χ0) is 14.5. The third-order valence-electron chi connectivity index (χ3n) is 2.68. The van der Waals surface area contributed by atoms with Crippen LogP contribution in [-0.2, 0) is 11.3 Å². The van der Waals surface area contributed by atoms with E-state index >= 15 is 0 Å². The Morgan fingerprint density at radius 2 is 2.10 bits per heavy atom. The zero-order valence-corrected chi connectivity index (χ0v) is 11.4. The summed E-state index contributed by atoms with van der Waals surface area (Å²) < 4.78 is 1.68. The lowest BCUT2D eigenvalue weighted by Crippen LogP contribution is -2.38. The minimum Gasteiger partial charge on any atom is -0.394 e. The highest BCUT2D eigenvalue weighted by atomic mass is 35.5. The highest BCUT2D eigenvalue weighted by Crippen LogP contribution is 2.11. The number of nitrogens with two attached hydrogens (primary N) is 1. The van der Waals surface area contributed by atoms with Gasteiger partial charge in [0.1, 0.15) is 6.04 Å². The monoisotopic (exact) mass is 294 g/mol. The highest BCUT2D eigenvalue weighted by molar-refractivity contribution is 6.30. The number of rotatable bonds is 5. The SMILES string of the molecule is NC(CO)C(=O)Nc1ccn(Cc2ccc(Cl)cc2)n1. The molecular weight excluding hydrogens is 280 g/mol. The van der Waals surface area contributed by atoms with Crippen LogP contribution in [0.25, 0.3) is 0 Å². The number of aliphatic hydroxyl groups excluding tert-OH is 1. The van der Waals surface area contributed by atoms with Gasteiger partial charge in [-0.25, -0.2) is 0 Å². The van der Waals surface area contributed by atoms with Gasteiger partial charge < -0.3 is 16.2 Å². The fourth-order valence-electron chi connectivity index (χ4n) is 1.60. The molecule has 0 bridgehead atoms. The molecule has 1 atom stereocenters. The van der Waals surface area contributed by atoms with Crippen LogP contribution >= 0.6 is 11.6 Å². The van der Waals surface area contributed by atoms with Crippen molar-refractivity contribution in [2.24, 2.45) is 5.73 Å². The van der Waals surface area contributed by atoms with E-state index < -0.39 is 18.6 Å². The predicted octanol–water partition coefficient (Wildman–Crippen LogP) is 0.843. The van der Waals surface area contributed by atoms with Crippen LogP contribution in [0, 0.1) is 0 Å². The Morgan fingerprint density at radius 1 is 1.40 bits per heavy atom. The standard InChI is InChI=1S/C13H15ClN4O2/c14-10-3-1-9(2-4-10)7-18-6-5-12(17-18)16-13(20)11(15)8-19/h1-6,11,19H,7-8,15H2,(H,16,17,20). The van der Waals surface area contributed by atoms with Crippen molar-refractivity contribution in [2.75, 3.05) is 11.9 Å². The van der Waals surface area contributed by atoms with E-state index in [4.69, 9.17) is 22.4 Å². The van der Waals surface area contributed by atoms with E-state index in [-0.39, 0.29) is 0 Å². The van der Waals surface area contributed by atoms with Crippen molar-refractivity contribution in [3.63, 3.8) is 0 Å². The number of nitrogens with zero attached hydrogens (tertiary/aromatic N) is 2. The Balaban J connectivity index is 1.98. The molecule has 0 aliphatic heterocycles. The zero-order valence-electron chi connectivity index (χ0n) is 10.7. The first-order chi connectivity index (χ1) is 9.58. The van der Waals surface area contributed by atoms with Gasteiger partial charge in [-0.1, -0.05) is 23.7 Å². The number of hydrogen-bond acceptors (Lipinski definition) is 4. The first-order valence-corrected chi connectivity index (χ1v) is 6.41. The van der Waals surface area contributed by atoms with Crippen molar-refractivity contribution in [1.82, 2.24) is 9.78 Å². The van der Waals surface area contributed by atoms with E-state index in [1.54, 1.807) is 16.9 Å². The van der Waals surface area contributed by atoms with Crippen LogP contribution in [0.15, 0.2) is 36.5 Å². The van der Waals surface area contributed by atoms with Crippen molar-refractivity contribution in [2.45, 2.75) is 12.6 Å². The van der Waals surface area contributed by atoms with Gasteiger partial charge in [0.15, 0.2) is 5.82 Å². The number of benzene rings is 1. The molecule has 6 nitrogen and oxygen atoms in total. The summed E-state index contributed by atoms with van der Waals surface area (Å²) in [6.45, 7) is 0.163. The maximum atomic E-state index is 11.5. The summed E-state index contributed by atoms with van der Waals surface area (Å²) in [4.78, 5) is 11.5. The summed E-state index contributed by atoms with van der Waals surface area (Å²) in [7, 11) is 0. The van der Waals surface area contributed by atoms with E-state index in [2.05, 4.69) is 10.4 Å². The van der Waals surface area contributed by atoms with Crippen molar-refractivity contribution in [1.29, 1.82) is 0 Å². The fraction of sp³-hybridized carbons (Fsp3) is 0.231. The van der Waals surface area contributed by atoms with Crippen molar-refractivity contribution in [3.05, 3.63) is 47.1 Å². The first kappa shape index (κ1) is 14.5. The number of anilines is 1. The van der Waals surface area contributed by atoms with Crippen molar-refractivity contribution < 1.29 is 9.90 Å². The lowest BCUT2D eigenvalue weighted by atomic mass is 10.2. The summed E-state index contributed by atoms with van der Waals surface area (Å²) in [6, 6.07) is 8.15. The van der Waals surface area contributed by atoms with Crippen LogP contribution in [0.4, 0.5) is 5.82 Å². The molecule has 1 heterocycles. The molecule has 20 heavy (non-hydrogen) atoms. The van der Waals surface area contributed by atoms with Crippen LogP contribution < -0.4 is 11.1 Å². The third kappa shape index (κ3) is 3.80. The molecule has 1 aromatic heterocycles. The molecule has 0 radical (unpaired) electrons. The smallest absolute Gasteiger partial charge is 0.244 e. The molecule has 0 spiro atoms. The van der Waals surface area contributed by atoms with Gasteiger partial charge in [-0.2, -0.15) is 5.10 Å². The minimum absolute atomic E-state index is 0.396. The van der Waals surface area contributed by atoms with Crippen LogP contribution in [-0.4, -0.2) is 33.4 Å². The molecule has 4 N–H and O–H groups in total. The van der Waals surface area contributed by atoms with Crippen molar-refractivity contribution >= 4 is 23.3 Å². The maximum Gasteiger partial charge on any atom is 0.244 e. The number of hydrogen-bond donors (Lipinski definition) is 3. The Hall–Kier alpha value is -1.89. The van der Waals surface area contributed by atoms with E-state index in [1.165, 1.54) is 0 Å². The Kier molecular flexibility index (Phi) is 4.73. The molecule has 7 heteroatoms. The number of nitrogens with one attached hydrogen (secondary N) is 1. The van der Waals surface area contributed by atoms with Crippen LogP contribution in [0.5, 0.6) is 0 Å². The molecule has 2 rings (SSSR count). The number of aromatic nitrogens is 2. The molecular formula is C13H15ClN4O2. The second-order valence-corrected chi connectivity index (χ2v) is 4.74. The van der Waals surface area contributed by atoms with Crippen LogP contribution in [0.2, 0.25) is 5.02 Å². The van der Waals surface area contributed by atoms with Gasteiger partial charge in [0, 0.05) is 17.3 Å². The molecule has 0 fully saturated rings. The molecule has 0 saturated carbocycles. The van der Waals surface area contributed by atoms with E-state index in [0.717, 1.165) is 5.56 Å². The number of carbonyl (C=O) groups is 1. The lowest BCUT2D eigenvalue weighted by molar-refractivity contribution is -0.118. The summed E-state index contributed by atoms with van der Waals surface area (Å²) in [5.74, 6) is -0.0721. The third-order valence-corrected chi connectivity index (χ3v) is 2.94. The van der Waals surface area contributed by atoms with Crippen molar-refractivity contribution in [3.8, 4) is 0 Å². The molecule has 2 aromatic rings. The second kappa shape index (κ2) is 6.51. The normalized spacial score (nSPS) is 12.2. The van der Waals surface area contributed by atoms with Gasteiger partial charge in [-0.05, 0) is 17.7 Å². The molecule has 1 aromatic carbocycles. The Bertz CT molecular complexity index is 582. The average molecular weight is 295 g/mol. The van der Waals surface area contributed by atoms with E-state index in [9.17, 15) is 4.79 Å². The molecule has 1 amide bonds. The second-order valence-electron chi connectivity index (χ2n) is 4.30. The van der Waals surface area contributed by atoms with Gasteiger partial charge >= 0.3 is 0 Å². The Morgan fingerprint density at radius 3 is 2.75 bits per heavy atom. The first-order valence-electron chi connectivity index (χ1n) is 6.03. The molecule has 1 unspecified atom stereocenters. The average Bonchev–Trinajstić information content (AvgIpc) is 2.87. The van der Waals surface area contributed by atoms with Gasteiger partial charge in [-0.3, -0.25) is 9.48 Å². The number of carbonyl (C=O) groups excluding carboxylic acids is 1. The number of halogens is 1. The van der Waals surface area contributed by atoms with E-state index in [0.29, 0.717) is 17.4 Å². The molecule has 0 aliphatic carbocycles. The molecule has 0 saturated heterocycles. The maximum absolute atomic E-state index is 11.5. The topological polar surface area (TPSA) is 93.2 Å². The number of amides is 1. The highest BCUT2D eigenvalue weighted by Gasteiger charge is 2.13. The van der Waals surface area contributed by atoms with Gasteiger partial charge in [0.2, 0.25) is 5.91 Å². The van der Waals surface area contributed by atoms with E-state index in [1.807, 2.05) is 24.3 Å². The summed E-state index contributed by atoms with van der Waals surface area (Å²) in [5.41, 5.74) is 6.44. The Labute approximate surface area is 121 Å². The fourth-order valence-corrected chi connectivity index (χ4v) is 1.72. The quantitative estimate of drug-likeness (QED) is 0.762. The molecule has 106 valence electrons. The van der Waals surface area contributed by atoms with Gasteiger partial charge in [0.05, 0.1) is 13.2 Å². The van der Waals surface area contributed by atoms with Gasteiger partial charge in [-0.15, -0.1) is 0 Å². The minimum atomic E-state index is -0.948. The largest absolute Gasteiger partial charge is 0.394 e. The van der Waals surface area contributed by atoms with Crippen LogP contribution in [0.3, 0.4) is 0 Å². The van der Waals surface area contributed by atoms with Gasteiger partial charge in [0.25, 0.3) is 0 Å². The summed E-state index contributed by atoms with van der Waals surface area (Å²) >= 11 is 5.82. The summed E-state index contributed by atoms with van der Waals surface area (Å²) in [6.07, 6.45) is 1.74.